The van der Waals surface area contributed by atoms with Gasteiger partial charge >= 0.3 is 0 Å². The molecular weight excluding hydrogens is 414 g/mol. The molecule has 4 heterocycles. The summed E-state index contributed by atoms with van der Waals surface area (Å²) in [5.74, 6) is -0.0192. The standard InChI is InChI=1S/C23H23N3O2S2/c1-15-13-21(27)24-17-5-2-3-6-18(17)26(15)22(28)14-25-10-8-19-16(9-12-30-19)23(25)20-7-4-11-29-20/h2-7,9,11-12,15,23H,8,10,13-14H2,1H3,(H,24,27). The SMILES string of the molecule is CC1CC(=O)Nc2ccccc2N1C(=O)CN1CCc2sccc2C1c1cccs1. The molecule has 2 unspecified atom stereocenters. The zero-order chi connectivity index (χ0) is 20.7. The van der Waals surface area contributed by atoms with Crippen molar-refractivity contribution in [1.82, 2.24) is 4.90 Å². The van der Waals surface area contributed by atoms with Crippen LogP contribution in [0.5, 0.6) is 0 Å². The second-order valence-corrected chi connectivity index (χ2v) is 9.80. The molecule has 0 saturated heterocycles. The van der Waals surface area contributed by atoms with E-state index in [-0.39, 0.29) is 23.9 Å². The Morgan fingerprint density at radius 3 is 2.83 bits per heavy atom. The molecule has 0 fully saturated rings. The molecule has 2 aromatic heterocycles. The number of anilines is 2. The molecule has 2 aliphatic heterocycles. The maximum Gasteiger partial charge on any atom is 0.241 e. The number of rotatable bonds is 3. The number of para-hydroxylation sites is 2. The maximum absolute atomic E-state index is 13.6. The van der Waals surface area contributed by atoms with Crippen LogP contribution in [-0.2, 0) is 16.0 Å². The molecule has 3 aromatic rings. The molecule has 0 saturated carbocycles. The van der Waals surface area contributed by atoms with Crippen molar-refractivity contribution in [3.63, 3.8) is 0 Å². The summed E-state index contributed by atoms with van der Waals surface area (Å²) in [4.78, 5) is 32.7. The van der Waals surface area contributed by atoms with E-state index in [1.165, 1.54) is 15.3 Å². The number of carbonyl (C=O) groups is 2. The molecule has 0 aliphatic carbocycles. The highest BCUT2D eigenvalue weighted by atomic mass is 32.1. The molecule has 2 aliphatic rings. The first-order chi connectivity index (χ1) is 14.6. The Morgan fingerprint density at radius 1 is 1.13 bits per heavy atom. The Hall–Kier alpha value is -2.48. The fraction of sp³-hybridized carbons (Fsp3) is 0.304. The summed E-state index contributed by atoms with van der Waals surface area (Å²) in [5.41, 5.74) is 2.80. The molecule has 1 aromatic carbocycles. The maximum atomic E-state index is 13.6. The second-order valence-electron chi connectivity index (χ2n) is 7.82. The first-order valence-electron chi connectivity index (χ1n) is 10.2. The Balaban J connectivity index is 1.47. The number of fused-ring (bicyclic) bond motifs is 2. The molecule has 0 spiro atoms. The number of amides is 2. The van der Waals surface area contributed by atoms with Crippen LogP contribution in [0, 0.1) is 0 Å². The lowest BCUT2D eigenvalue weighted by molar-refractivity contribution is -0.120. The highest BCUT2D eigenvalue weighted by molar-refractivity contribution is 7.10. The smallest absolute Gasteiger partial charge is 0.241 e. The minimum absolute atomic E-state index is 0.0340. The molecule has 0 bridgehead atoms. The lowest BCUT2D eigenvalue weighted by Gasteiger charge is -2.37. The van der Waals surface area contributed by atoms with Crippen molar-refractivity contribution < 1.29 is 9.59 Å². The van der Waals surface area contributed by atoms with Gasteiger partial charge in [0.25, 0.3) is 0 Å². The van der Waals surface area contributed by atoms with E-state index in [2.05, 4.69) is 39.2 Å². The van der Waals surface area contributed by atoms with E-state index in [1.807, 2.05) is 36.1 Å². The summed E-state index contributed by atoms with van der Waals surface area (Å²) in [6.45, 7) is 3.12. The van der Waals surface area contributed by atoms with Crippen LogP contribution in [0.3, 0.4) is 0 Å². The van der Waals surface area contributed by atoms with Crippen molar-refractivity contribution >= 4 is 45.9 Å². The lowest BCUT2D eigenvalue weighted by atomic mass is 9.98. The van der Waals surface area contributed by atoms with Crippen LogP contribution in [0.2, 0.25) is 0 Å². The number of nitrogens with zero attached hydrogens (tertiary/aromatic N) is 2. The quantitative estimate of drug-likeness (QED) is 0.655. The van der Waals surface area contributed by atoms with Gasteiger partial charge in [0.15, 0.2) is 0 Å². The van der Waals surface area contributed by atoms with Gasteiger partial charge in [0.2, 0.25) is 11.8 Å². The Bertz CT molecular complexity index is 1080. The topological polar surface area (TPSA) is 52.7 Å². The molecule has 30 heavy (non-hydrogen) atoms. The van der Waals surface area contributed by atoms with Crippen molar-refractivity contribution in [1.29, 1.82) is 0 Å². The van der Waals surface area contributed by atoms with E-state index in [9.17, 15) is 9.59 Å². The van der Waals surface area contributed by atoms with Crippen molar-refractivity contribution in [3.8, 4) is 0 Å². The molecule has 5 rings (SSSR count). The number of nitrogens with one attached hydrogen (secondary N) is 1. The average Bonchev–Trinajstić information content (AvgIpc) is 3.38. The first kappa shape index (κ1) is 19.5. The fourth-order valence-electron chi connectivity index (χ4n) is 4.54. The molecule has 2 atom stereocenters. The second kappa shape index (κ2) is 7.98. The summed E-state index contributed by atoms with van der Waals surface area (Å²) in [7, 11) is 0. The average molecular weight is 438 g/mol. The minimum atomic E-state index is -0.192. The molecule has 2 amide bonds. The highest BCUT2D eigenvalue weighted by Gasteiger charge is 2.35. The fourth-order valence-corrected chi connectivity index (χ4v) is 6.32. The van der Waals surface area contributed by atoms with Gasteiger partial charge in [0.05, 0.1) is 24.0 Å². The van der Waals surface area contributed by atoms with Crippen LogP contribution in [0.4, 0.5) is 11.4 Å². The summed E-state index contributed by atoms with van der Waals surface area (Å²) >= 11 is 3.55. The van der Waals surface area contributed by atoms with Gasteiger partial charge in [0, 0.05) is 28.8 Å². The van der Waals surface area contributed by atoms with Crippen LogP contribution in [0.1, 0.15) is 34.7 Å². The van der Waals surface area contributed by atoms with Gasteiger partial charge in [0.1, 0.15) is 0 Å². The summed E-state index contributed by atoms with van der Waals surface area (Å²) < 4.78 is 0. The number of benzene rings is 1. The van der Waals surface area contributed by atoms with Gasteiger partial charge in [-0.25, -0.2) is 0 Å². The molecule has 5 nitrogen and oxygen atoms in total. The zero-order valence-corrected chi connectivity index (χ0v) is 18.3. The van der Waals surface area contributed by atoms with Gasteiger partial charge in [-0.3, -0.25) is 14.5 Å². The summed E-state index contributed by atoms with van der Waals surface area (Å²) in [5, 5.41) is 7.19. The number of hydrogen-bond donors (Lipinski definition) is 1. The first-order valence-corrected chi connectivity index (χ1v) is 11.9. The van der Waals surface area contributed by atoms with Crippen LogP contribution < -0.4 is 10.2 Å². The molecule has 7 heteroatoms. The third kappa shape index (κ3) is 3.47. The van der Waals surface area contributed by atoms with Gasteiger partial charge in [-0.15, -0.1) is 22.7 Å². The number of carbonyl (C=O) groups excluding carboxylic acids is 2. The third-order valence-corrected chi connectivity index (χ3v) is 7.77. The molecular formula is C23H23N3O2S2. The van der Waals surface area contributed by atoms with Crippen LogP contribution in [0.15, 0.2) is 53.2 Å². The van der Waals surface area contributed by atoms with Crippen molar-refractivity contribution in [2.75, 3.05) is 23.3 Å². The largest absolute Gasteiger partial charge is 0.324 e. The third-order valence-electron chi connectivity index (χ3n) is 5.84. The van der Waals surface area contributed by atoms with Gasteiger partial charge in [-0.05, 0) is 53.9 Å². The normalized spacial score (nSPS) is 21.5. The molecule has 1 N–H and O–H groups in total. The Morgan fingerprint density at radius 2 is 2.00 bits per heavy atom. The minimum Gasteiger partial charge on any atom is -0.324 e. The number of hydrogen-bond acceptors (Lipinski definition) is 5. The van der Waals surface area contributed by atoms with Crippen LogP contribution >= 0.6 is 22.7 Å². The molecule has 0 radical (unpaired) electrons. The Kier molecular flexibility index (Phi) is 5.18. The van der Waals surface area contributed by atoms with E-state index >= 15 is 0 Å². The summed E-state index contributed by atoms with van der Waals surface area (Å²) in [6.07, 6.45) is 1.26. The van der Waals surface area contributed by atoms with E-state index in [1.54, 1.807) is 22.7 Å². The number of thiophene rings is 2. The van der Waals surface area contributed by atoms with E-state index < -0.39 is 0 Å². The van der Waals surface area contributed by atoms with Crippen molar-refractivity contribution in [3.05, 3.63) is 68.5 Å². The van der Waals surface area contributed by atoms with Crippen molar-refractivity contribution in [2.24, 2.45) is 0 Å². The summed E-state index contributed by atoms with van der Waals surface area (Å²) in [6, 6.07) is 13.9. The molecule has 154 valence electrons. The zero-order valence-electron chi connectivity index (χ0n) is 16.7. The van der Waals surface area contributed by atoms with E-state index in [4.69, 9.17) is 0 Å². The monoisotopic (exact) mass is 437 g/mol. The van der Waals surface area contributed by atoms with Crippen molar-refractivity contribution in [2.45, 2.75) is 31.8 Å². The van der Waals surface area contributed by atoms with Gasteiger partial charge in [-0.2, -0.15) is 0 Å². The Labute approximate surface area is 183 Å². The van der Waals surface area contributed by atoms with Gasteiger partial charge in [-0.1, -0.05) is 18.2 Å². The predicted molar refractivity (Wildman–Crippen MR) is 122 cm³/mol. The van der Waals surface area contributed by atoms with Crippen LogP contribution in [-0.4, -0.2) is 35.8 Å². The van der Waals surface area contributed by atoms with E-state index in [0.29, 0.717) is 18.7 Å². The lowest BCUT2D eigenvalue weighted by Crippen LogP contribution is -2.47. The van der Waals surface area contributed by atoms with Gasteiger partial charge < -0.3 is 10.2 Å². The van der Waals surface area contributed by atoms with E-state index in [0.717, 1.165) is 18.7 Å². The van der Waals surface area contributed by atoms with Crippen LogP contribution in [0.25, 0.3) is 0 Å². The highest BCUT2D eigenvalue weighted by Crippen LogP contribution is 2.40. The predicted octanol–water partition coefficient (Wildman–Crippen LogP) is 4.52.